The Balaban J connectivity index is 1.78. The smallest absolute Gasteiger partial charge is 0.264 e. The molecule has 0 radical (unpaired) electrons. The lowest BCUT2D eigenvalue weighted by Gasteiger charge is -2.33. The van der Waals surface area contributed by atoms with Crippen LogP contribution in [0.3, 0.4) is 0 Å². The number of halogens is 2. The zero-order valence-corrected chi connectivity index (χ0v) is 25.9. The van der Waals surface area contributed by atoms with Crippen LogP contribution in [0.15, 0.2) is 108 Å². The fourth-order valence-electron chi connectivity index (χ4n) is 4.67. The molecule has 0 fully saturated rings. The van der Waals surface area contributed by atoms with Gasteiger partial charge in [0.1, 0.15) is 24.2 Å². The third-order valence-corrected chi connectivity index (χ3v) is 9.09. The topological polar surface area (TPSA) is 96.0 Å². The van der Waals surface area contributed by atoms with Gasteiger partial charge in [0, 0.05) is 25.0 Å². The van der Waals surface area contributed by atoms with Gasteiger partial charge in [-0.25, -0.2) is 12.8 Å². The molecule has 0 spiro atoms. The molecule has 1 unspecified atom stereocenters. The molecule has 0 saturated heterocycles. The second kappa shape index (κ2) is 14.9. The van der Waals surface area contributed by atoms with Crippen molar-refractivity contribution in [2.24, 2.45) is 0 Å². The molecule has 2 amide bonds. The molecule has 4 rings (SSSR count). The van der Waals surface area contributed by atoms with Crippen LogP contribution in [0.25, 0.3) is 0 Å². The van der Waals surface area contributed by atoms with E-state index < -0.39 is 40.2 Å². The number of carbonyl (C=O) groups is 2. The highest BCUT2D eigenvalue weighted by molar-refractivity contribution is 7.92. The number of sulfonamides is 1. The fourth-order valence-corrected chi connectivity index (χ4v) is 6.28. The summed E-state index contributed by atoms with van der Waals surface area (Å²) in [5.74, 6) is -1.18. The summed E-state index contributed by atoms with van der Waals surface area (Å²) < 4.78 is 48.3. The fraction of sp³-hybridized carbons (Fsp3) is 0.212. The van der Waals surface area contributed by atoms with Gasteiger partial charge in [0.05, 0.1) is 17.2 Å². The van der Waals surface area contributed by atoms with Gasteiger partial charge in [-0.3, -0.25) is 13.9 Å². The van der Waals surface area contributed by atoms with Crippen LogP contribution in [0.2, 0.25) is 5.02 Å². The predicted molar refractivity (Wildman–Crippen MR) is 169 cm³/mol. The van der Waals surface area contributed by atoms with Crippen molar-refractivity contribution < 1.29 is 27.1 Å². The number of nitrogens with zero attached hydrogens (tertiary/aromatic N) is 2. The molecule has 230 valence electrons. The van der Waals surface area contributed by atoms with Crippen molar-refractivity contribution in [2.75, 3.05) is 24.5 Å². The Bertz CT molecular complexity index is 1670. The second-order valence-corrected chi connectivity index (χ2v) is 12.1. The minimum absolute atomic E-state index is 0.0657. The maximum atomic E-state index is 14.3. The standard InChI is InChI=1S/C33H33ClFN3O5S/c1-3-43-28-17-19-29(20-18-28)44(41,42)38(27-15-13-26(35)14-16-27)23-32(39)37(22-25-11-7-8-12-30(25)34)31(33(40)36-2)21-24-9-5-4-6-10-24/h4-20,31H,3,21-23H2,1-2H3,(H,36,40). The summed E-state index contributed by atoms with van der Waals surface area (Å²) in [6.45, 7) is 1.47. The number of anilines is 1. The maximum Gasteiger partial charge on any atom is 0.264 e. The van der Waals surface area contributed by atoms with Crippen LogP contribution in [0.5, 0.6) is 5.75 Å². The van der Waals surface area contributed by atoms with E-state index in [-0.39, 0.29) is 23.5 Å². The van der Waals surface area contributed by atoms with Gasteiger partial charge in [-0.2, -0.15) is 0 Å². The number of rotatable bonds is 13. The lowest BCUT2D eigenvalue weighted by molar-refractivity contribution is -0.139. The zero-order chi connectivity index (χ0) is 31.7. The molecule has 11 heteroatoms. The molecule has 0 aliphatic heterocycles. The highest BCUT2D eigenvalue weighted by atomic mass is 35.5. The average Bonchev–Trinajstić information content (AvgIpc) is 3.03. The van der Waals surface area contributed by atoms with Gasteiger partial charge < -0.3 is 15.0 Å². The van der Waals surface area contributed by atoms with Crippen molar-refractivity contribution in [3.05, 3.63) is 125 Å². The SMILES string of the molecule is CCOc1ccc(S(=O)(=O)N(CC(=O)N(Cc2ccccc2Cl)C(Cc2ccccc2)C(=O)NC)c2ccc(F)cc2)cc1. The predicted octanol–water partition coefficient (Wildman–Crippen LogP) is 5.46. The Labute approximate surface area is 262 Å². The number of hydrogen-bond acceptors (Lipinski definition) is 5. The highest BCUT2D eigenvalue weighted by Gasteiger charge is 2.34. The van der Waals surface area contributed by atoms with Gasteiger partial charge in [-0.05, 0) is 72.6 Å². The van der Waals surface area contributed by atoms with Gasteiger partial charge in [0.2, 0.25) is 11.8 Å². The quantitative estimate of drug-likeness (QED) is 0.210. The van der Waals surface area contributed by atoms with Gasteiger partial charge >= 0.3 is 0 Å². The largest absolute Gasteiger partial charge is 0.494 e. The first-order chi connectivity index (χ1) is 21.1. The summed E-state index contributed by atoms with van der Waals surface area (Å²) in [5, 5.41) is 3.02. The Morgan fingerprint density at radius 1 is 0.909 bits per heavy atom. The van der Waals surface area contributed by atoms with Crippen molar-refractivity contribution in [1.29, 1.82) is 0 Å². The molecule has 0 aromatic heterocycles. The molecule has 4 aromatic carbocycles. The third kappa shape index (κ3) is 7.94. The number of likely N-dealkylation sites (N-methyl/N-ethyl adjacent to an activating group) is 1. The van der Waals surface area contributed by atoms with E-state index in [0.717, 1.165) is 22.0 Å². The molecule has 0 aliphatic rings. The summed E-state index contributed by atoms with van der Waals surface area (Å²) in [7, 11) is -2.87. The van der Waals surface area contributed by atoms with Gasteiger partial charge in [-0.15, -0.1) is 0 Å². The van der Waals surface area contributed by atoms with Crippen molar-refractivity contribution in [3.8, 4) is 5.75 Å². The number of nitrogens with one attached hydrogen (secondary N) is 1. The zero-order valence-electron chi connectivity index (χ0n) is 24.3. The molecule has 1 atom stereocenters. The van der Waals surface area contributed by atoms with E-state index in [1.165, 1.54) is 48.3 Å². The van der Waals surface area contributed by atoms with Crippen LogP contribution in [0, 0.1) is 5.82 Å². The van der Waals surface area contributed by atoms with E-state index in [1.54, 1.807) is 24.3 Å². The minimum Gasteiger partial charge on any atom is -0.494 e. The summed E-state index contributed by atoms with van der Waals surface area (Å²) in [6, 6.07) is 25.7. The van der Waals surface area contributed by atoms with Crippen LogP contribution in [0.1, 0.15) is 18.1 Å². The molecule has 0 heterocycles. The summed E-state index contributed by atoms with van der Waals surface area (Å²) in [6.07, 6.45) is 0.166. The number of ether oxygens (including phenoxy) is 1. The van der Waals surface area contributed by atoms with Gasteiger partial charge in [0.25, 0.3) is 10.0 Å². The number of hydrogen-bond donors (Lipinski definition) is 1. The Morgan fingerprint density at radius 3 is 2.16 bits per heavy atom. The molecule has 4 aromatic rings. The number of benzene rings is 4. The molecule has 1 N–H and O–H groups in total. The van der Waals surface area contributed by atoms with Crippen LogP contribution in [-0.2, 0) is 32.6 Å². The average molecular weight is 638 g/mol. The second-order valence-electron chi connectivity index (χ2n) is 9.83. The third-order valence-electron chi connectivity index (χ3n) is 6.93. The van der Waals surface area contributed by atoms with E-state index >= 15 is 0 Å². The van der Waals surface area contributed by atoms with Gasteiger partial charge in [0.15, 0.2) is 0 Å². The molecule has 0 saturated carbocycles. The van der Waals surface area contributed by atoms with E-state index in [0.29, 0.717) is 22.9 Å². The van der Waals surface area contributed by atoms with Crippen molar-refractivity contribution in [2.45, 2.75) is 30.8 Å². The van der Waals surface area contributed by atoms with E-state index in [2.05, 4.69) is 5.32 Å². The minimum atomic E-state index is -4.34. The molecular formula is C33H33ClFN3O5S. The van der Waals surface area contributed by atoms with Crippen LogP contribution in [-0.4, -0.2) is 51.4 Å². The first-order valence-electron chi connectivity index (χ1n) is 13.9. The Kier molecular flexibility index (Phi) is 11.0. The van der Waals surface area contributed by atoms with E-state index in [9.17, 15) is 22.4 Å². The maximum absolute atomic E-state index is 14.3. The van der Waals surface area contributed by atoms with E-state index in [4.69, 9.17) is 16.3 Å². The molecule has 8 nitrogen and oxygen atoms in total. The first kappa shape index (κ1) is 32.5. The number of amides is 2. The Hall–Kier alpha value is -4.41. The summed E-state index contributed by atoms with van der Waals surface area (Å²) in [4.78, 5) is 28.8. The lowest BCUT2D eigenvalue weighted by Crippen LogP contribution is -2.53. The molecule has 0 bridgehead atoms. The number of carbonyl (C=O) groups excluding carboxylic acids is 2. The van der Waals surface area contributed by atoms with Crippen LogP contribution in [0.4, 0.5) is 10.1 Å². The molecule has 0 aliphatic carbocycles. The van der Waals surface area contributed by atoms with Crippen molar-refractivity contribution in [1.82, 2.24) is 10.2 Å². The molecule has 44 heavy (non-hydrogen) atoms. The van der Waals surface area contributed by atoms with Gasteiger partial charge in [-0.1, -0.05) is 60.1 Å². The highest BCUT2D eigenvalue weighted by Crippen LogP contribution is 2.27. The monoisotopic (exact) mass is 637 g/mol. The summed E-state index contributed by atoms with van der Waals surface area (Å²) in [5.41, 5.74) is 1.45. The van der Waals surface area contributed by atoms with Crippen LogP contribution >= 0.6 is 11.6 Å². The first-order valence-corrected chi connectivity index (χ1v) is 15.8. The Morgan fingerprint density at radius 2 is 1.55 bits per heavy atom. The van der Waals surface area contributed by atoms with Crippen LogP contribution < -0.4 is 14.4 Å². The summed E-state index contributed by atoms with van der Waals surface area (Å²) >= 11 is 6.47. The van der Waals surface area contributed by atoms with Crippen molar-refractivity contribution >= 4 is 39.1 Å². The lowest BCUT2D eigenvalue weighted by atomic mass is 10.0. The normalized spacial score (nSPS) is 11.8. The van der Waals surface area contributed by atoms with Crippen molar-refractivity contribution in [3.63, 3.8) is 0 Å². The van der Waals surface area contributed by atoms with E-state index in [1.807, 2.05) is 37.3 Å². The molecular weight excluding hydrogens is 605 g/mol.